The van der Waals surface area contributed by atoms with Crippen molar-refractivity contribution in [1.82, 2.24) is 9.47 Å². The summed E-state index contributed by atoms with van der Waals surface area (Å²) in [5, 5.41) is 0. The summed E-state index contributed by atoms with van der Waals surface area (Å²) < 4.78 is 17.9. The van der Waals surface area contributed by atoms with E-state index in [1.807, 2.05) is 20.8 Å². The molecule has 0 bridgehead atoms. The van der Waals surface area contributed by atoms with Gasteiger partial charge in [0.2, 0.25) is 0 Å². The van der Waals surface area contributed by atoms with Crippen molar-refractivity contribution in [3.05, 3.63) is 33.7 Å². The van der Waals surface area contributed by atoms with E-state index in [2.05, 4.69) is 0 Å². The molecular weight excluding hydrogens is 340 g/mol. The zero-order valence-corrected chi connectivity index (χ0v) is 15.1. The van der Waals surface area contributed by atoms with Gasteiger partial charge in [0.05, 0.1) is 36.9 Å². The molecule has 0 aliphatic carbocycles. The Bertz CT molecular complexity index is 831. The van der Waals surface area contributed by atoms with Crippen molar-refractivity contribution in [2.75, 3.05) is 19.7 Å². The van der Waals surface area contributed by atoms with Gasteiger partial charge >= 0.3 is 12.1 Å². The summed E-state index contributed by atoms with van der Waals surface area (Å²) in [5.41, 5.74) is -0.410. The molecule has 4 heterocycles. The van der Waals surface area contributed by atoms with E-state index in [0.29, 0.717) is 37.2 Å². The van der Waals surface area contributed by atoms with Crippen molar-refractivity contribution >= 4 is 12.1 Å². The van der Waals surface area contributed by atoms with Crippen LogP contribution in [0.3, 0.4) is 0 Å². The zero-order chi connectivity index (χ0) is 18.7. The first kappa shape index (κ1) is 17.1. The molecule has 0 aromatic carbocycles. The van der Waals surface area contributed by atoms with Gasteiger partial charge < -0.3 is 23.7 Å². The smallest absolute Gasteiger partial charge is 0.410 e. The van der Waals surface area contributed by atoms with Crippen molar-refractivity contribution in [2.24, 2.45) is 0 Å². The number of rotatable bonds is 1. The van der Waals surface area contributed by atoms with Crippen molar-refractivity contribution in [1.29, 1.82) is 0 Å². The lowest BCUT2D eigenvalue weighted by atomic mass is 9.89. The predicted octanol–water partition coefficient (Wildman–Crippen LogP) is 1.47. The average Bonchev–Trinajstić information content (AvgIpc) is 3.10. The molecule has 140 valence electrons. The number of aromatic nitrogens is 1. The summed E-state index contributed by atoms with van der Waals surface area (Å²) in [6.07, 6.45) is 1.92. The van der Waals surface area contributed by atoms with Crippen molar-refractivity contribution in [2.45, 2.75) is 51.0 Å². The minimum Gasteiger partial charge on any atom is -0.457 e. The van der Waals surface area contributed by atoms with E-state index in [4.69, 9.17) is 14.2 Å². The number of amides is 1. The molecule has 1 amide bonds. The number of fused-ring (bicyclic) bond motifs is 1. The first-order valence-corrected chi connectivity index (χ1v) is 8.71. The summed E-state index contributed by atoms with van der Waals surface area (Å²) in [6, 6.07) is 1.51. The number of cyclic esters (lactones) is 1. The number of esters is 1. The number of pyridine rings is 1. The Labute approximate surface area is 150 Å². The Morgan fingerprint density at radius 1 is 1.31 bits per heavy atom. The van der Waals surface area contributed by atoms with E-state index in [9.17, 15) is 14.4 Å². The third kappa shape index (κ3) is 2.78. The summed E-state index contributed by atoms with van der Waals surface area (Å²) in [5.74, 6) is -0.449. The lowest BCUT2D eigenvalue weighted by molar-refractivity contribution is -0.109. The van der Waals surface area contributed by atoms with E-state index >= 15 is 0 Å². The highest BCUT2D eigenvalue weighted by molar-refractivity contribution is 5.93. The molecule has 0 radical (unpaired) electrons. The fraction of sp³-hybridized carbons (Fsp3) is 0.611. The number of carbonyl (C=O) groups excluding carboxylic acids is 2. The molecule has 3 aliphatic heterocycles. The number of carbonyl (C=O) groups is 2. The summed E-state index contributed by atoms with van der Waals surface area (Å²) in [6.45, 7) is 6.83. The molecule has 8 nitrogen and oxygen atoms in total. The normalized spacial score (nSPS) is 23.6. The quantitative estimate of drug-likeness (QED) is 0.703. The van der Waals surface area contributed by atoms with Crippen LogP contribution in [0.4, 0.5) is 4.79 Å². The molecule has 8 heteroatoms. The molecule has 1 spiro atoms. The monoisotopic (exact) mass is 362 g/mol. The Balaban J connectivity index is 1.44. The third-order valence-corrected chi connectivity index (χ3v) is 4.98. The second-order valence-corrected chi connectivity index (χ2v) is 8.18. The van der Waals surface area contributed by atoms with Crippen LogP contribution in [-0.2, 0) is 20.8 Å². The standard InChI is InChI=1S/C18H22N2O6/c1-17(2,3)26-16(23)19-9-18(10-19)6-11(7-25-18)20-5-4-12-13(14(20)21)8-24-15(12)22/h4-5,11H,6-10H2,1-3H3/t11-/m1/s1. The van der Waals surface area contributed by atoms with Gasteiger partial charge in [0, 0.05) is 12.6 Å². The fourth-order valence-electron chi connectivity index (χ4n) is 3.75. The van der Waals surface area contributed by atoms with Crippen LogP contribution >= 0.6 is 0 Å². The number of hydrogen-bond acceptors (Lipinski definition) is 6. The van der Waals surface area contributed by atoms with Crippen molar-refractivity contribution < 1.29 is 23.8 Å². The molecule has 1 atom stereocenters. The van der Waals surface area contributed by atoms with Crippen molar-refractivity contribution in [3.63, 3.8) is 0 Å². The SMILES string of the molecule is CC(C)(C)OC(=O)N1CC2(C[C@@H](n3ccc4c(c3=O)COC4=O)CO2)C1. The summed E-state index contributed by atoms with van der Waals surface area (Å²) in [4.78, 5) is 37.9. The highest BCUT2D eigenvalue weighted by Gasteiger charge is 2.52. The highest BCUT2D eigenvalue weighted by atomic mass is 16.6. The van der Waals surface area contributed by atoms with Gasteiger partial charge in [0.1, 0.15) is 17.8 Å². The third-order valence-electron chi connectivity index (χ3n) is 4.98. The Kier molecular flexibility index (Phi) is 3.66. The second kappa shape index (κ2) is 5.57. The van der Waals surface area contributed by atoms with Gasteiger partial charge in [-0.2, -0.15) is 0 Å². The maximum atomic E-state index is 12.6. The molecule has 26 heavy (non-hydrogen) atoms. The van der Waals surface area contributed by atoms with Gasteiger partial charge in [-0.15, -0.1) is 0 Å². The predicted molar refractivity (Wildman–Crippen MR) is 90.0 cm³/mol. The van der Waals surface area contributed by atoms with E-state index in [1.54, 1.807) is 21.7 Å². The van der Waals surface area contributed by atoms with Gasteiger partial charge in [-0.25, -0.2) is 9.59 Å². The first-order valence-electron chi connectivity index (χ1n) is 8.71. The topological polar surface area (TPSA) is 87.1 Å². The van der Waals surface area contributed by atoms with Gasteiger partial charge in [0.25, 0.3) is 5.56 Å². The molecule has 1 aromatic heterocycles. The maximum absolute atomic E-state index is 12.6. The molecule has 3 aliphatic rings. The molecule has 0 unspecified atom stereocenters. The largest absolute Gasteiger partial charge is 0.457 e. The van der Waals surface area contributed by atoms with Crippen LogP contribution in [-0.4, -0.2) is 52.4 Å². The molecule has 4 rings (SSSR count). The molecule has 0 N–H and O–H groups in total. The van der Waals surface area contributed by atoms with Gasteiger partial charge in [-0.05, 0) is 26.8 Å². The van der Waals surface area contributed by atoms with Crippen LogP contribution < -0.4 is 5.56 Å². The molecular formula is C18H22N2O6. The second-order valence-electron chi connectivity index (χ2n) is 8.18. The van der Waals surface area contributed by atoms with Crippen LogP contribution in [0.5, 0.6) is 0 Å². The van der Waals surface area contributed by atoms with E-state index in [-0.39, 0.29) is 24.3 Å². The van der Waals surface area contributed by atoms with Crippen LogP contribution in [0.1, 0.15) is 49.2 Å². The number of nitrogens with zero attached hydrogens (tertiary/aromatic N) is 2. The molecule has 2 fully saturated rings. The van der Waals surface area contributed by atoms with Crippen LogP contribution in [0.25, 0.3) is 0 Å². The molecule has 2 saturated heterocycles. The van der Waals surface area contributed by atoms with Gasteiger partial charge in [0.15, 0.2) is 0 Å². The minimum absolute atomic E-state index is 0.0268. The fourth-order valence-corrected chi connectivity index (χ4v) is 3.75. The number of ether oxygens (including phenoxy) is 3. The Morgan fingerprint density at radius 2 is 2.04 bits per heavy atom. The zero-order valence-electron chi connectivity index (χ0n) is 15.1. The minimum atomic E-state index is -0.532. The van der Waals surface area contributed by atoms with E-state index in [1.165, 1.54) is 0 Å². The number of hydrogen-bond donors (Lipinski definition) is 0. The molecule has 1 aromatic rings. The van der Waals surface area contributed by atoms with Gasteiger partial charge in [-0.1, -0.05) is 0 Å². The van der Waals surface area contributed by atoms with E-state index in [0.717, 1.165) is 0 Å². The Hall–Kier alpha value is -2.35. The van der Waals surface area contributed by atoms with Crippen LogP contribution in [0.15, 0.2) is 17.1 Å². The van der Waals surface area contributed by atoms with Crippen LogP contribution in [0.2, 0.25) is 0 Å². The molecule has 0 saturated carbocycles. The van der Waals surface area contributed by atoms with Gasteiger partial charge in [-0.3, -0.25) is 4.79 Å². The first-order chi connectivity index (χ1) is 12.2. The van der Waals surface area contributed by atoms with E-state index < -0.39 is 17.2 Å². The lowest BCUT2D eigenvalue weighted by Gasteiger charge is -2.46. The van der Waals surface area contributed by atoms with Crippen LogP contribution in [0, 0.1) is 0 Å². The average molecular weight is 362 g/mol. The Morgan fingerprint density at radius 3 is 2.73 bits per heavy atom. The maximum Gasteiger partial charge on any atom is 0.410 e. The summed E-state index contributed by atoms with van der Waals surface area (Å²) in [7, 11) is 0. The summed E-state index contributed by atoms with van der Waals surface area (Å²) >= 11 is 0. The lowest BCUT2D eigenvalue weighted by Crippen LogP contribution is -2.63. The van der Waals surface area contributed by atoms with Crippen molar-refractivity contribution in [3.8, 4) is 0 Å². The highest BCUT2D eigenvalue weighted by Crippen LogP contribution is 2.40. The number of likely N-dealkylation sites (tertiary alicyclic amines) is 1.